The zero-order chi connectivity index (χ0) is 14.8. The Balaban J connectivity index is 1.90. The van der Waals surface area contributed by atoms with Crippen LogP contribution >= 0.6 is 11.3 Å². The van der Waals surface area contributed by atoms with E-state index in [0.29, 0.717) is 6.04 Å². The predicted molar refractivity (Wildman–Crippen MR) is 93.2 cm³/mol. The van der Waals surface area contributed by atoms with E-state index in [2.05, 4.69) is 74.7 Å². The van der Waals surface area contributed by atoms with Gasteiger partial charge in [0.15, 0.2) is 0 Å². The second-order valence-corrected chi connectivity index (χ2v) is 6.84. The van der Waals surface area contributed by atoms with Gasteiger partial charge in [0.2, 0.25) is 0 Å². The van der Waals surface area contributed by atoms with Gasteiger partial charge in [-0.2, -0.15) is 0 Å². The zero-order valence-electron chi connectivity index (χ0n) is 12.8. The Kier molecular flexibility index (Phi) is 4.09. The van der Waals surface area contributed by atoms with E-state index in [9.17, 15) is 0 Å². The molecule has 0 bridgehead atoms. The average Bonchev–Trinajstić information content (AvgIpc) is 2.87. The summed E-state index contributed by atoms with van der Waals surface area (Å²) < 4.78 is 1.37. The molecule has 0 amide bonds. The van der Waals surface area contributed by atoms with Crippen LogP contribution in [0.1, 0.15) is 27.6 Å². The van der Waals surface area contributed by atoms with Gasteiger partial charge in [-0.05, 0) is 50.4 Å². The molecule has 21 heavy (non-hydrogen) atoms. The molecule has 3 rings (SSSR count). The lowest BCUT2D eigenvalue weighted by molar-refractivity contribution is 0.602. The number of nitrogens with one attached hydrogen (secondary N) is 1. The van der Waals surface area contributed by atoms with Crippen molar-refractivity contribution < 1.29 is 0 Å². The molecule has 1 N–H and O–H groups in total. The predicted octanol–water partition coefficient (Wildman–Crippen LogP) is 5.02. The Morgan fingerprint density at radius 3 is 2.38 bits per heavy atom. The van der Waals surface area contributed by atoms with Crippen molar-refractivity contribution in [3.05, 3.63) is 70.1 Å². The van der Waals surface area contributed by atoms with Crippen molar-refractivity contribution in [2.75, 3.05) is 7.05 Å². The van der Waals surface area contributed by atoms with Crippen molar-refractivity contribution in [3.63, 3.8) is 0 Å². The number of rotatable bonds is 4. The second-order valence-electron chi connectivity index (χ2n) is 5.73. The number of fused-ring (bicyclic) bond motifs is 1. The van der Waals surface area contributed by atoms with E-state index in [1.165, 1.54) is 31.7 Å². The molecule has 0 radical (unpaired) electrons. The summed E-state index contributed by atoms with van der Waals surface area (Å²) in [5.41, 5.74) is 4.09. The number of benzene rings is 2. The fourth-order valence-electron chi connectivity index (χ4n) is 2.94. The van der Waals surface area contributed by atoms with Crippen molar-refractivity contribution in [3.8, 4) is 0 Å². The third-order valence-electron chi connectivity index (χ3n) is 3.86. The minimum Gasteiger partial charge on any atom is -0.312 e. The highest BCUT2D eigenvalue weighted by molar-refractivity contribution is 7.19. The molecular weight excluding hydrogens is 274 g/mol. The van der Waals surface area contributed by atoms with Gasteiger partial charge in [-0.3, -0.25) is 0 Å². The lowest BCUT2D eigenvalue weighted by Gasteiger charge is -2.15. The smallest absolute Gasteiger partial charge is 0.0453 e. The van der Waals surface area contributed by atoms with Crippen LogP contribution in [0, 0.1) is 13.8 Å². The molecule has 108 valence electrons. The number of hydrogen-bond donors (Lipinski definition) is 1. The maximum absolute atomic E-state index is 3.48. The van der Waals surface area contributed by atoms with Crippen LogP contribution in [0.5, 0.6) is 0 Å². The van der Waals surface area contributed by atoms with Gasteiger partial charge in [-0.1, -0.05) is 47.5 Å². The van der Waals surface area contributed by atoms with Crippen molar-refractivity contribution in [2.24, 2.45) is 0 Å². The van der Waals surface area contributed by atoms with Gasteiger partial charge in [-0.15, -0.1) is 11.3 Å². The number of thiophene rings is 1. The molecule has 1 atom stereocenters. The fraction of sp³-hybridized carbons (Fsp3) is 0.263. The molecule has 0 fully saturated rings. The summed E-state index contributed by atoms with van der Waals surface area (Å²) in [4.78, 5) is 1.41. The largest absolute Gasteiger partial charge is 0.312 e. The van der Waals surface area contributed by atoms with Crippen LogP contribution in [0.25, 0.3) is 10.1 Å². The van der Waals surface area contributed by atoms with Crippen LogP contribution in [0.2, 0.25) is 0 Å². The van der Waals surface area contributed by atoms with Crippen molar-refractivity contribution >= 4 is 21.4 Å². The summed E-state index contributed by atoms with van der Waals surface area (Å²) >= 11 is 1.90. The van der Waals surface area contributed by atoms with Gasteiger partial charge in [0, 0.05) is 15.6 Å². The lowest BCUT2D eigenvalue weighted by atomic mass is 10.0. The molecule has 0 saturated heterocycles. The molecule has 0 aliphatic heterocycles. The summed E-state index contributed by atoms with van der Waals surface area (Å²) in [5, 5.41) is 4.82. The van der Waals surface area contributed by atoms with Gasteiger partial charge in [0.05, 0.1) is 0 Å². The fourth-order valence-corrected chi connectivity index (χ4v) is 4.12. The van der Waals surface area contributed by atoms with E-state index >= 15 is 0 Å². The van der Waals surface area contributed by atoms with Gasteiger partial charge < -0.3 is 5.32 Å². The Hall–Kier alpha value is -1.64. The Labute approximate surface area is 130 Å². The van der Waals surface area contributed by atoms with Crippen molar-refractivity contribution in [2.45, 2.75) is 26.3 Å². The van der Waals surface area contributed by atoms with Gasteiger partial charge >= 0.3 is 0 Å². The monoisotopic (exact) mass is 295 g/mol. The average molecular weight is 295 g/mol. The minimum absolute atomic E-state index is 0.378. The highest BCUT2D eigenvalue weighted by Gasteiger charge is 2.13. The van der Waals surface area contributed by atoms with Gasteiger partial charge in [0.1, 0.15) is 0 Å². The third-order valence-corrected chi connectivity index (χ3v) is 5.09. The first-order chi connectivity index (χ1) is 10.2. The number of hydrogen-bond acceptors (Lipinski definition) is 2. The first-order valence-electron chi connectivity index (χ1n) is 7.38. The van der Waals surface area contributed by atoms with Crippen molar-refractivity contribution in [1.29, 1.82) is 0 Å². The first kappa shape index (κ1) is 14.3. The van der Waals surface area contributed by atoms with Crippen LogP contribution in [0.15, 0.2) is 48.5 Å². The second kappa shape index (κ2) is 6.00. The first-order valence-corrected chi connectivity index (χ1v) is 8.20. The zero-order valence-corrected chi connectivity index (χ0v) is 13.6. The molecule has 2 heteroatoms. The van der Waals surface area contributed by atoms with Crippen LogP contribution in [-0.2, 0) is 6.42 Å². The molecule has 1 nitrogen and oxygen atoms in total. The number of aryl methyl sites for hydroxylation is 2. The molecule has 0 aliphatic rings. The molecule has 2 aromatic carbocycles. The van der Waals surface area contributed by atoms with Crippen LogP contribution in [0.4, 0.5) is 0 Å². The van der Waals surface area contributed by atoms with E-state index in [1.54, 1.807) is 0 Å². The van der Waals surface area contributed by atoms with Gasteiger partial charge in [-0.25, -0.2) is 0 Å². The summed E-state index contributed by atoms with van der Waals surface area (Å²) in [6.45, 7) is 4.34. The highest BCUT2D eigenvalue weighted by Crippen LogP contribution is 2.31. The SMILES string of the molecule is CNC(Cc1cc(C)cc(C)c1)c1cc2ccccc2s1. The molecule has 3 aromatic rings. The maximum atomic E-state index is 3.48. The molecule has 1 heterocycles. The normalized spacial score (nSPS) is 12.7. The molecule has 0 saturated carbocycles. The lowest BCUT2D eigenvalue weighted by Crippen LogP contribution is -2.17. The maximum Gasteiger partial charge on any atom is 0.0453 e. The molecule has 0 spiro atoms. The molecule has 0 aliphatic carbocycles. The molecule has 1 aromatic heterocycles. The quantitative estimate of drug-likeness (QED) is 0.712. The summed E-state index contributed by atoms with van der Waals surface area (Å²) in [6.07, 6.45) is 1.03. The van der Waals surface area contributed by atoms with Crippen LogP contribution < -0.4 is 5.32 Å². The van der Waals surface area contributed by atoms with E-state index in [4.69, 9.17) is 0 Å². The Morgan fingerprint density at radius 2 is 1.71 bits per heavy atom. The minimum atomic E-state index is 0.378. The summed E-state index contributed by atoms with van der Waals surface area (Å²) in [6, 6.07) is 18.1. The van der Waals surface area contributed by atoms with E-state index in [0.717, 1.165) is 6.42 Å². The standard InChI is InChI=1S/C19H21NS/c1-13-8-14(2)10-15(9-13)11-17(20-3)19-12-16-6-4-5-7-18(16)21-19/h4-10,12,17,20H,11H2,1-3H3. The third kappa shape index (κ3) is 3.17. The summed E-state index contributed by atoms with van der Waals surface area (Å²) in [5.74, 6) is 0. The van der Waals surface area contributed by atoms with Crippen LogP contribution in [-0.4, -0.2) is 7.05 Å². The van der Waals surface area contributed by atoms with Crippen molar-refractivity contribution in [1.82, 2.24) is 5.32 Å². The molecule has 1 unspecified atom stereocenters. The highest BCUT2D eigenvalue weighted by atomic mass is 32.1. The van der Waals surface area contributed by atoms with E-state index in [1.807, 2.05) is 11.3 Å². The Morgan fingerprint density at radius 1 is 1.00 bits per heavy atom. The summed E-state index contributed by atoms with van der Waals surface area (Å²) in [7, 11) is 2.05. The van der Waals surface area contributed by atoms with Crippen LogP contribution in [0.3, 0.4) is 0 Å². The van der Waals surface area contributed by atoms with E-state index in [-0.39, 0.29) is 0 Å². The number of likely N-dealkylation sites (N-methyl/N-ethyl adjacent to an activating group) is 1. The molecular formula is C19H21NS. The Bertz CT molecular complexity index is 704. The van der Waals surface area contributed by atoms with E-state index < -0.39 is 0 Å². The topological polar surface area (TPSA) is 12.0 Å². The van der Waals surface area contributed by atoms with Gasteiger partial charge in [0.25, 0.3) is 0 Å².